The molecule has 102 valence electrons. The molecule has 0 heterocycles. The van der Waals surface area contributed by atoms with E-state index in [1.807, 2.05) is 24.3 Å². The molecule has 2 aromatic rings. The third-order valence-corrected chi connectivity index (χ3v) is 3.08. The van der Waals surface area contributed by atoms with E-state index in [2.05, 4.69) is 31.8 Å². The highest BCUT2D eigenvalue weighted by atomic mass is 79.9. The minimum absolute atomic E-state index is 0.418. The van der Waals surface area contributed by atoms with Gasteiger partial charge in [-0.25, -0.2) is 10.2 Å². The summed E-state index contributed by atoms with van der Waals surface area (Å²) in [5.41, 5.74) is 3.91. The number of hydrogen-bond acceptors (Lipinski definition) is 2. The van der Waals surface area contributed by atoms with Crippen LogP contribution in [0.2, 0.25) is 5.02 Å². The lowest BCUT2D eigenvalue weighted by atomic mass is 10.2. The molecule has 0 saturated carbocycles. The van der Waals surface area contributed by atoms with Crippen molar-refractivity contribution >= 4 is 45.5 Å². The molecule has 2 amide bonds. The second-order valence-electron chi connectivity index (χ2n) is 3.89. The van der Waals surface area contributed by atoms with Crippen molar-refractivity contribution in [2.24, 2.45) is 5.10 Å². The van der Waals surface area contributed by atoms with Gasteiger partial charge in [0.1, 0.15) is 0 Å². The molecular weight excluding hydrogens is 342 g/mol. The van der Waals surface area contributed by atoms with Crippen molar-refractivity contribution in [3.05, 3.63) is 63.6 Å². The molecule has 2 aromatic carbocycles. The lowest BCUT2D eigenvalue weighted by Crippen LogP contribution is -2.24. The van der Waals surface area contributed by atoms with Crippen molar-refractivity contribution < 1.29 is 4.79 Å². The van der Waals surface area contributed by atoms with E-state index in [1.54, 1.807) is 30.5 Å². The predicted molar refractivity (Wildman–Crippen MR) is 85.3 cm³/mol. The van der Waals surface area contributed by atoms with Crippen LogP contribution in [0.1, 0.15) is 5.56 Å². The van der Waals surface area contributed by atoms with Gasteiger partial charge < -0.3 is 5.32 Å². The van der Waals surface area contributed by atoms with Gasteiger partial charge in [0.2, 0.25) is 0 Å². The third-order valence-electron chi connectivity index (χ3n) is 2.33. The molecule has 0 aliphatic heterocycles. The van der Waals surface area contributed by atoms with Crippen LogP contribution in [0.4, 0.5) is 10.5 Å². The summed E-state index contributed by atoms with van der Waals surface area (Å²) in [7, 11) is 0. The summed E-state index contributed by atoms with van der Waals surface area (Å²) < 4.78 is 0.951. The Labute approximate surface area is 130 Å². The summed E-state index contributed by atoms with van der Waals surface area (Å²) in [5, 5.41) is 7.11. The second kappa shape index (κ2) is 7.07. The van der Waals surface area contributed by atoms with Crippen molar-refractivity contribution in [2.75, 3.05) is 5.32 Å². The maximum absolute atomic E-state index is 11.6. The number of hydrogen-bond donors (Lipinski definition) is 2. The molecular formula is C14H11BrClN3O. The largest absolute Gasteiger partial charge is 0.339 e. The first kappa shape index (κ1) is 14.6. The van der Waals surface area contributed by atoms with Crippen molar-refractivity contribution in [3.8, 4) is 0 Å². The number of carbonyl (C=O) groups excluding carboxylic acids is 1. The van der Waals surface area contributed by atoms with Gasteiger partial charge >= 0.3 is 6.03 Å². The average Bonchev–Trinajstić information content (AvgIpc) is 2.41. The van der Waals surface area contributed by atoms with Gasteiger partial charge in [0.15, 0.2) is 0 Å². The highest BCUT2D eigenvalue weighted by Crippen LogP contribution is 2.13. The zero-order chi connectivity index (χ0) is 14.4. The molecule has 2 rings (SSSR count). The number of nitrogens with one attached hydrogen (secondary N) is 2. The van der Waals surface area contributed by atoms with Crippen LogP contribution in [0.3, 0.4) is 0 Å². The first-order valence-electron chi connectivity index (χ1n) is 5.75. The maximum Gasteiger partial charge on any atom is 0.339 e. The van der Waals surface area contributed by atoms with Gasteiger partial charge in [-0.3, -0.25) is 0 Å². The fourth-order valence-electron chi connectivity index (χ4n) is 1.44. The Bertz CT molecular complexity index is 629. The summed E-state index contributed by atoms with van der Waals surface area (Å²) in [6, 6.07) is 14.0. The minimum Gasteiger partial charge on any atom is -0.307 e. The fourth-order valence-corrected chi connectivity index (χ4v) is 1.99. The van der Waals surface area contributed by atoms with Gasteiger partial charge in [-0.1, -0.05) is 39.7 Å². The molecule has 0 aromatic heterocycles. The molecule has 20 heavy (non-hydrogen) atoms. The Hall–Kier alpha value is -1.85. The molecule has 0 bridgehead atoms. The van der Waals surface area contributed by atoms with Gasteiger partial charge in [0.05, 0.1) is 6.21 Å². The number of amides is 2. The van der Waals surface area contributed by atoms with Crippen LogP contribution >= 0.6 is 27.5 Å². The lowest BCUT2D eigenvalue weighted by molar-refractivity contribution is 0.252. The number of anilines is 1. The van der Waals surface area contributed by atoms with Gasteiger partial charge in [0, 0.05) is 15.2 Å². The first-order valence-corrected chi connectivity index (χ1v) is 6.92. The lowest BCUT2D eigenvalue weighted by Gasteiger charge is -2.03. The number of rotatable bonds is 3. The summed E-state index contributed by atoms with van der Waals surface area (Å²) >= 11 is 9.12. The van der Waals surface area contributed by atoms with Crippen molar-refractivity contribution in [2.45, 2.75) is 0 Å². The average molecular weight is 353 g/mol. The number of hydrazone groups is 1. The standard InChI is InChI=1S/C14H11BrClN3O/c15-11-3-1-2-10(8-11)9-17-19-14(20)18-13-6-4-12(16)5-7-13/h1-9H,(H2,18,19,20)/b17-9-. The molecule has 0 fully saturated rings. The molecule has 0 unspecified atom stereocenters. The van der Waals surface area contributed by atoms with Crippen molar-refractivity contribution in [1.82, 2.24) is 5.43 Å². The van der Waals surface area contributed by atoms with Crippen LogP contribution < -0.4 is 10.7 Å². The van der Waals surface area contributed by atoms with Crippen LogP contribution in [0, 0.1) is 0 Å². The van der Waals surface area contributed by atoms with Gasteiger partial charge in [-0.2, -0.15) is 5.10 Å². The summed E-state index contributed by atoms with van der Waals surface area (Å²) in [6.07, 6.45) is 1.56. The van der Waals surface area contributed by atoms with E-state index in [0.717, 1.165) is 10.0 Å². The molecule has 0 radical (unpaired) electrons. The van der Waals surface area contributed by atoms with E-state index in [1.165, 1.54) is 0 Å². The zero-order valence-electron chi connectivity index (χ0n) is 10.3. The van der Waals surface area contributed by atoms with E-state index < -0.39 is 6.03 Å². The Morgan fingerprint density at radius 2 is 1.95 bits per heavy atom. The van der Waals surface area contributed by atoms with E-state index >= 15 is 0 Å². The molecule has 0 aliphatic carbocycles. The van der Waals surface area contributed by atoms with Gasteiger partial charge in [-0.05, 0) is 42.0 Å². The van der Waals surface area contributed by atoms with Crippen LogP contribution in [-0.2, 0) is 0 Å². The van der Waals surface area contributed by atoms with Crippen LogP contribution in [0.5, 0.6) is 0 Å². The Kier molecular flexibility index (Phi) is 5.15. The van der Waals surface area contributed by atoms with Crippen molar-refractivity contribution in [3.63, 3.8) is 0 Å². The predicted octanol–water partition coefficient (Wildman–Crippen LogP) is 4.26. The topological polar surface area (TPSA) is 53.5 Å². The number of nitrogens with zero attached hydrogens (tertiary/aromatic N) is 1. The summed E-state index contributed by atoms with van der Waals surface area (Å²) in [4.78, 5) is 11.6. The summed E-state index contributed by atoms with van der Waals surface area (Å²) in [6.45, 7) is 0. The Balaban J connectivity index is 1.87. The fraction of sp³-hybridized carbons (Fsp3) is 0. The molecule has 4 nitrogen and oxygen atoms in total. The molecule has 0 aliphatic rings. The summed E-state index contributed by atoms with van der Waals surface area (Å²) in [5.74, 6) is 0. The minimum atomic E-state index is -0.418. The maximum atomic E-state index is 11.6. The monoisotopic (exact) mass is 351 g/mol. The van der Waals surface area contributed by atoms with E-state index in [9.17, 15) is 4.79 Å². The first-order chi connectivity index (χ1) is 9.63. The van der Waals surface area contributed by atoms with E-state index in [0.29, 0.717) is 10.7 Å². The highest BCUT2D eigenvalue weighted by Gasteiger charge is 1.99. The zero-order valence-corrected chi connectivity index (χ0v) is 12.6. The Morgan fingerprint density at radius 3 is 2.65 bits per heavy atom. The van der Waals surface area contributed by atoms with Crippen LogP contribution in [-0.4, -0.2) is 12.2 Å². The second-order valence-corrected chi connectivity index (χ2v) is 5.24. The van der Waals surface area contributed by atoms with Crippen LogP contribution in [0.15, 0.2) is 58.1 Å². The van der Waals surface area contributed by atoms with Crippen molar-refractivity contribution in [1.29, 1.82) is 0 Å². The number of carbonyl (C=O) groups is 1. The van der Waals surface area contributed by atoms with E-state index in [4.69, 9.17) is 11.6 Å². The normalized spacial score (nSPS) is 10.5. The smallest absolute Gasteiger partial charge is 0.307 e. The number of halogens is 2. The van der Waals surface area contributed by atoms with Crippen LogP contribution in [0.25, 0.3) is 0 Å². The Morgan fingerprint density at radius 1 is 1.20 bits per heavy atom. The quantitative estimate of drug-likeness (QED) is 0.629. The van der Waals surface area contributed by atoms with Gasteiger partial charge in [-0.15, -0.1) is 0 Å². The number of urea groups is 1. The van der Waals surface area contributed by atoms with E-state index in [-0.39, 0.29) is 0 Å². The molecule has 0 saturated heterocycles. The SMILES string of the molecule is O=C(N/N=C\c1cccc(Br)c1)Nc1ccc(Cl)cc1. The molecule has 2 N–H and O–H groups in total. The molecule has 0 spiro atoms. The molecule has 0 atom stereocenters. The number of benzene rings is 2. The highest BCUT2D eigenvalue weighted by molar-refractivity contribution is 9.10. The van der Waals surface area contributed by atoms with Gasteiger partial charge in [0.25, 0.3) is 0 Å². The third kappa shape index (κ3) is 4.68. The molecule has 6 heteroatoms.